The minimum atomic E-state index is 1.06. The molecule has 1 aromatic heterocycles. The van der Waals surface area contributed by atoms with E-state index in [4.69, 9.17) is 0 Å². The van der Waals surface area contributed by atoms with Crippen LogP contribution < -0.4 is 4.90 Å². The van der Waals surface area contributed by atoms with E-state index in [9.17, 15) is 0 Å². The maximum Gasteiger partial charge on any atom is 0.128 e. The molecule has 0 saturated carbocycles. The van der Waals surface area contributed by atoms with Gasteiger partial charge in [0.2, 0.25) is 0 Å². The number of aromatic nitrogens is 1. The molecule has 0 unspecified atom stereocenters. The molecule has 1 radical (unpaired) electrons. The van der Waals surface area contributed by atoms with E-state index in [1.54, 1.807) is 0 Å². The van der Waals surface area contributed by atoms with E-state index < -0.39 is 0 Å². The highest BCUT2D eigenvalue weighted by atomic mass is 15.3. The van der Waals surface area contributed by atoms with E-state index in [0.29, 0.717) is 0 Å². The zero-order chi connectivity index (χ0) is 13.1. The molecule has 0 aliphatic carbocycles. The van der Waals surface area contributed by atoms with Gasteiger partial charge >= 0.3 is 0 Å². The molecule has 97 valence electrons. The molecule has 0 N–H and O–H groups in total. The minimum absolute atomic E-state index is 1.06. The SMILES string of the molecule is CN1CCN(c2ccc(-c3c[c]ccc3)cn2)CC1. The number of hydrogen-bond donors (Lipinski definition) is 0. The number of nitrogens with zero attached hydrogens (tertiary/aromatic N) is 3. The van der Waals surface area contributed by atoms with Crippen LogP contribution in [-0.4, -0.2) is 43.1 Å². The number of hydrogen-bond acceptors (Lipinski definition) is 3. The predicted octanol–water partition coefficient (Wildman–Crippen LogP) is 2.30. The van der Waals surface area contributed by atoms with Crippen LogP contribution in [0.2, 0.25) is 0 Å². The summed E-state index contributed by atoms with van der Waals surface area (Å²) < 4.78 is 0. The molecule has 19 heavy (non-hydrogen) atoms. The van der Waals surface area contributed by atoms with E-state index in [0.717, 1.165) is 37.6 Å². The molecule has 0 spiro atoms. The fourth-order valence-corrected chi connectivity index (χ4v) is 2.35. The Hall–Kier alpha value is -1.87. The molecule has 3 nitrogen and oxygen atoms in total. The van der Waals surface area contributed by atoms with Gasteiger partial charge in [-0.25, -0.2) is 4.98 Å². The van der Waals surface area contributed by atoms with Crippen LogP contribution in [-0.2, 0) is 0 Å². The summed E-state index contributed by atoms with van der Waals surface area (Å²) in [4.78, 5) is 9.30. The Balaban J connectivity index is 1.76. The minimum Gasteiger partial charge on any atom is -0.354 e. The van der Waals surface area contributed by atoms with Gasteiger partial charge in [-0.05, 0) is 36.9 Å². The monoisotopic (exact) mass is 252 g/mol. The van der Waals surface area contributed by atoms with Gasteiger partial charge in [-0.15, -0.1) is 0 Å². The smallest absolute Gasteiger partial charge is 0.128 e. The summed E-state index contributed by atoms with van der Waals surface area (Å²) in [5.74, 6) is 1.08. The molecule has 3 rings (SSSR count). The van der Waals surface area contributed by atoms with Crippen molar-refractivity contribution in [1.29, 1.82) is 0 Å². The van der Waals surface area contributed by atoms with Gasteiger partial charge in [0.1, 0.15) is 5.82 Å². The first-order chi connectivity index (χ1) is 9.33. The van der Waals surface area contributed by atoms with Gasteiger partial charge in [0, 0.05) is 37.9 Å². The Morgan fingerprint density at radius 3 is 2.53 bits per heavy atom. The second kappa shape index (κ2) is 5.41. The van der Waals surface area contributed by atoms with Crippen LogP contribution in [0.15, 0.2) is 42.6 Å². The Kier molecular flexibility index (Phi) is 3.47. The largest absolute Gasteiger partial charge is 0.354 e. The van der Waals surface area contributed by atoms with E-state index in [1.807, 2.05) is 24.4 Å². The highest BCUT2D eigenvalue weighted by Gasteiger charge is 2.14. The van der Waals surface area contributed by atoms with Crippen LogP contribution in [0.3, 0.4) is 0 Å². The summed E-state index contributed by atoms with van der Waals surface area (Å²) in [5.41, 5.74) is 2.31. The second-order valence-electron chi connectivity index (χ2n) is 4.99. The molecule has 1 aliphatic heterocycles. The summed E-state index contributed by atoms with van der Waals surface area (Å²) in [6.45, 7) is 4.33. The Bertz CT molecular complexity index is 513. The molecule has 2 aromatic rings. The van der Waals surface area contributed by atoms with E-state index >= 15 is 0 Å². The summed E-state index contributed by atoms with van der Waals surface area (Å²) in [5, 5.41) is 0. The van der Waals surface area contributed by atoms with Gasteiger partial charge < -0.3 is 9.80 Å². The summed E-state index contributed by atoms with van der Waals surface area (Å²) in [6.07, 6.45) is 1.96. The molecule has 0 amide bonds. The molecule has 1 saturated heterocycles. The van der Waals surface area contributed by atoms with Gasteiger partial charge in [0.15, 0.2) is 0 Å². The Morgan fingerprint density at radius 1 is 1.05 bits per heavy atom. The zero-order valence-corrected chi connectivity index (χ0v) is 11.2. The molecular formula is C16H18N3. The van der Waals surface area contributed by atoms with E-state index in [-0.39, 0.29) is 0 Å². The van der Waals surface area contributed by atoms with Gasteiger partial charge in [-0.1, -0.05) is 18.2 Å². The average molecular weight is 252 g/mol. The number of likely N-dealkylation sites (N-methyl/N-ethyl adjacent to an activating group) is 1. The summed E-state index contributed by atoms with van der Waals surface area (Å²) in [7, 11) is 2.17. The van der Waals surface area contributed by atoms with Crippen molar-refractivity contribution < 1.29 is 0 Å². The number of pyridine rings is 1. The molecule has 3 heteroatoms. The average Bonchev–Trinajstić information content (AvgIpc) is 2.49. The number of anilines is 1. The molecule has 1 aliphatic rings. The number of piperazine rings is 1. The molecule has 1 aromatic carbocycles. The van der Waals surface area contributed by atoms with E-state index in [2.05, 4.69) is 46.1 Å². The van der Waals surface area contributed by atoms with Gasteiger partial charge in [0.25, 0.3) is 0 Å². The van der Waals surface area contributed by atoms with Crippen molar-refractivity contribution in [3.05, 3.63) is 48.7 Å². The van der Waals surface area contributed by atoms with Crippen LogP contribution in [0.25, 0.3) is 11.1 Å². The van der Waals surface area contributed by atoms with Gasteiger partial charge in [-0.2, -0.15) is 0 Å². The molecule has 0 bridgehead atoms. The van der Waals surface area contributed by atoms with Crippen molar-refractivity contribution in [2.24, 2.45) is 0 Å². The van der Waals surface area contributed by atoms with Gasteiger partial charge in [-0.3, -0.25) is 0 Å². The Morgan fingerprint density at radius 2 is 1.89 bits per heavy atom. The standard InChI is InChI=1S/C16H18N3/c1-18-9-11-19(12-10-18)16-8-7-15(13-17-16)14-5-3-2-4-6-14/h2-3,5-8,13H,9-12H2,1H3. The van der Waals surface area contributed by atoms with Crippen molar-refractivity contribution in [2.45, 2.75) is 0 Å². The third-order valence-corrected chi connectivity index (χ3v) is 3.62. The van der Waals surface area contributed by atoms with Crippen LogP contribution in [0, 0.1) is 6.07 Å². The van der Waals surface area contributed by atoms with E-state index in [1.165, 1.54) is 5.56 Å². The van der Waals surface area contributed by atoms with Crippen molar-refractivity contribution >= 4 is 5.82 Å². The van der Waals surface area contributed by atoms with Crippen molar-refractivity contribution in [2.75, 3.05) is 38.1 Å². The highest BCUT2D eigenvalue weighted by Crippen LogP contribution is 2.20. The molecule has 0 atom stereocenters. The lowest BCUT2D eigenvalue weighted by molar-refractivity contribution is 0.312. The molecule has 1 fully saturated rings. The third kappa shape index (κ3) is 2.76. The van der Waals surface area contributed by atoms with Crippen molar-refractivity contribution in [1.82, 2.24) is 9.88 Å². The van der Waals surface area contributed by atoms with Gasteiger partial charge in [0.05, 0.1) is 0 Å². The van der Waals surface area contributed by atoms with Crippen LogP contribution in [0.5, 0.6) is 0 Å². The second-order valence-corrected chi connectivity index (χ2v) is 4.99. The maximum absolute atomic E-state index is 4.60. The quantitative estimate of drug-likeness (QED) is 0.817. The highest BCUT2D eigenvalue weighted by molar-refractivity contribution is 5.63. The first-order valence-corrected chi connectivity index (χ1v) is 6.69. The molecule has 2 heterocycles. The van der Waals surface area contributed by atoms with Crippen LogP contribution in [0.4, 0.5) is 5.82 Å². The normalized spacial score (nSPS) is 16.6. The van der Waals surface area contributed by atoms with Crippen LogP contribution in [0.1, 0.15) is 0 Å². The predicted molar refractivity (Wildman–Crippen MR) is 78.2 cm³/mol. The fourth-order valence-electron chi connectivity index (χ4n) is 2.35. The fraction of sp³-hybridized carbons (Fsp3) is 0.312. The summed E-state index contributed by atoms with van der Waals surface area (Å²) >= 11 is 0. The third-order valence-electron chi connectivity index (χ3n) is 3.62. The lowest BCUT2D eigenvalue weighted by Crippen LogP contribution is -2.44. The topological polar surface area (TPSA) is 19.4 Å². The lowest BCUT2D eigenvalue weighted by Gasteiger charge is -2.33. The van der Waals surface area contributed by atoms with Crippen molar-refractivity contribution in [3.8, 4) is 11.1 Å². The molecular weight excluding hydrogens is 234 g/mol. The van der Waals surface area contributed by atoms with Crippen molar-refractivity contribution in [3.63, 3.8) is 0 Å². The maximum atomic E-state index is 4.60. The lowest BCUT2D eigenvalue weighted by atomic mass is 10.1. The number of benzene rings is 1. The zero-order valence-electron chi connectivity index (χ0n) is 11.2. The number of rotatable bonds is 2. The summed E-state index contributed by atoms with van der Waals surface area (Å²) in [6, 6.07) is 15.4. The Labute approximate surface area is 114 Å². The van der Waals surface area contributed by atoms with Crippen LogP contribution >= 0.6 is 0 Å². The first kappa shape index (κ1) is 12.2. The first-order valence-electron chi connectivity index (χ1n) is 6.69.